The minimum atomic E-state index is -0.0155. The Morgan fingerprint density at radius 3 is 2.95 bits per heavy atom. The maximum Gasteiger partial charge on any atom is 0.229 e. The third kappa shape index (κ3) is 3.58. The maximum absolute atomic E-state index is 12.1. The molecular formula is C16H22N2O2. The molecule has 1 saturated carbocycles. The molecule has 1 aliphatic heterocycles. The number of carbonyl (C=O) groups is 1. The van der Waals surface area contributed by atoms with Crippen molar-refractivity contribution in [2.75, 3.05) is 11.9 Å². The van der Waals surface area contributed by atoms with E-state index in [0.29, 0.717) is 12.6 Å². The number of ether oxygens (including phenoxy) is 1. The molecule has 1 aliphatic carbocycles. The van der Waals surface area contributed by atoms with Gasteiger partial charge in [0, 0.05) is 18.3 Å². The van der Waals surface area contributed by atoms with Gasteiger partial charge in [-0.2, -0.15) is 0 Å². The second-order valence-electron chi connectivity index (χ2n) is 5.92. The number of hydrogen-bond donors (Lipinski definition) is 2. The Balaban J connectivity index is 1.55. The highest BCUT2D eigenvalue weighted by Gasteiger charge is 2.28. The van der Waals surface area contributed by atoms with Crippen molar-refractivity contribution >= 4 is 11.6 Å². The van der Waals surface area contributed by atoms with Crippen LogP contribution in [0.5, 0.6) is 0 Å². The first-order chi connectivity index (χ1) is 9.70. The lowest BCUT2D eigenvalue weighted by Crippen LogP contribution is -2.23. The summed E-state index contributed by atoms with van der Waals surface area (Å²) in [7, 11) is 0. The molecule has 1 aromatic carbocycles. The van der Waals surface area contributed by atoms with E-state index in [1.807, 2.05) is 25.1 Å². The van der Waals surface area contributed by atoms with E-state index in [-0.39, 0.29) is 17.9 Å². The Hall–Kier alpha value is -1.39. The largest absolute Gasteiger partial charge is 0.378 e. The van der Waals surface area contributed by atoms with Crippen molar-refractivity contribution in [3.63, 3.8) is 0 Å². The SMILES string of the molecule is CC1CC(C(=O)Nc2cccc(CNC3CC3)c2)CO1. The summed E-state index contributed by atoms with van der Waals surface area (Å²) in [6.45, 7) is 3.42. The van der Waals surface area contributed by atoms with Crippen molar-refractivity contribution in [1.29, 1.82) is 0 Å². The summed E-state index contributed by atoms with van der Waals surface area (Å²) in [5.41, 5.74) is 2.09. The van der Waals surface area contributed by atoms with Gasteiger partial charge in [-0.15, -0.1) is 0 Å². The van der Waals surface area contributed by atoms with E-state index in [1.165, 1.54) is 18.4 Å². The Kier molecular flexibility index (Phi) is 4.03. The molecule has 0 spiro atoms. The highest BCUT2D eigenvalue weighted by Crippen LogP contribution is 2.22. The standard InChI is InChI=1S/C16H22N2O2/c1-11-7-13(10-20-11)16(19)18-15-4-2-3-12(8-15)9-17-14-5-6-14/h2-4,8,11,13-14,17H,5-7,9-10H2,1H3,(H,18,19). The first kappa shape index (κ1) is 13.6. The second-order valence-corrected chi connectivity index (χ2v) is 5.92. The molecule has 1 amide bonds. The molecule has 1 heterocycles. The van der Waals surface area contributed by atoms with E-state index in [0.717, 1.165) is 18.7 Å². The predicted molar refractivity (Wildman–Crippen MR) is 78.5 cm³/mol. The summed E-state index contributed by atoms with van der Waals surface area (Å²) in [5.74, 6) is 0.0555. The van der Waals surface area contributed by atoms with Crippen LogP contribution in [0.3, 0.4) is 0 Å². The van der Waals surface area contributed by atoms with Crippen molar-refractivity contribution in [3.8, 4) is 0 Å². The van der Waals surface area contributed by atoms with E-state index in [2.05, 4.69) is 16.7 Å². The lowest BCUT2D eigenvalue weighted by Gasteiger charge is -2.11. The molecule has 1 aromatic rings. The summed E-state index contributed by atoms with van der Waals surface area (Å²) < 4.78 is 5.45. The van der Waals surface area contributed by atoms with E-state index in [4.69, 9.17) is 4.74 Å². The molecule has 2 N–H and O–H groups in total. The van der Waals surface area contributed by atoms with Gasteiger partial charge in [-0.05, 0) is 43.9 Å². The van der Waals surface area contributed by atoms with E-state index >= 15 is 0 Å². The van der Waals surface area contributed by atoms with Crippen LogP contribution >= 0.6 is 0 Å². The molecule has 108 valence electrons. The van der Waals surface area contributed by atoms with E-state index < -0.39 is 0 Å². The van der Waals surface area contributed by atoms with Crippen LogP contribution in [-0.2, 0) is 16.1 Å². The summed E-state index contributed by atoms with van der Waals surface area (Å²) >= 11 is 0. The Morgan fingerprint density at radius 2 is 2.25 bits per heavy atom. The fourth-order valence-corrected chi connectivity index (χ4v) is 2.55. The van der Waals surface area contributed by atoms with Gasteiger partial charge in [-0.25, -0.2) is 0 Å². The predicted octanol–water partition coefficient (Wildman–Crippen LogP) is 2.30. The topological polar surface area (TPSA) is 50.4 Å². The van der Waals surface area contributed by atoms with Crippen LogP contribution in [-0.4, -0.2) is 24.7 Å². The quantitative estimate of drug-likeness (QED) is 0.866. The number of hydrogen-bond acceptors (Lipinski definition) is 3. The smallest absolute Gasteiger partial charge is 0.229 e. The molecule has 0 bridgehead atoms. The van der Waals surface area contributed by atoms with Crippen LogP contribution in [0.25, 0.3) is 0 Å². The van der Waals surface area contributed by atoms with Gasteiger partial charge in [0.05, 0.1) is 18.6 Å². The monoisotopic (exact) mass is 274 g/mol. The van der Waals surface area contributed by atoms with Gasteiger partial charge in [-0.1, -0.05) is 12.1 Å². The first-order valence-electron chi connectivity index (χ1n) is 7.45. The molecule has 2 unspecified atom stereocenters. The van der Waals surface area contributed by atoms with E-state index in [1.54, 1.807) is 0 Å². The van der Waals surface area contributed by atoms with Gasteiger partial charge in [0.1, 0.15) is 0 Å². The Bertz CT molecular complexity index is 485. The van der Waals surface area contributed by atoms with Crippen LogP contribution in [0.1, 0.15) is 31.7 Å². The van der Waals surface area contributed by atoms with Crippen molar-refractivity contribution in [2.45, 2.75) is 44.9 Å². The van der Waals surface area contributed by atoms with Crippen molar-refractivity contribution in [2.24, 2.45) is 5.92 Å². The number of carbonyl (C=O) groups excluding carboxylic acids is 1. The normalized spacial score (nSPS) is 25.6. The van der Waals surface area contributed by atoms with Gasteiger partial charge in [0.15, 0.2) is 0 Å². The van der Waals surface area contributed by atoms with Gasteiger partial charge in [-0.3, -0.25) is 4.79 Å². The Labute approximate surface area is 119 Å². The van der Waals surface area contributed by atoms with Gasteiger partial charge >= 0.3 is 0 Å². The van der Waals surface area contributed by atoms with Crippen molar-refractivity contribution in [1.82, 2.24) is 5.32 Å². The number of anilines is 1. The number of benzene rings is 1. The molecule has 4 heteroatoms. The molecule has 4 nitrogen and oxygen atoms in total. The molecule has 20 heavy (non-hydrogen) atoms. The highest BCUT2D eigenvalue weighted by molar-refractivity contribution is 5.92. The van der Waals surface area contributed by atoms with Crippen LogP contribution in [0.2, 0.25) is 0 Å². The summed E-state index contributed by atoms with van der Waals surface area (Å²) in [4.78, 5) is 12.1. The zero-order chi connectivity index (χ0) is 13.9. The van der Waals surface area contributed by atoms with Crippen molar-refractivity contribution < 1.29 is 9.53 Å². The average Bonchev–Trinajstić information content (AvgIpc) is 3.17. The molecule has 2 fully saturated rings. The van der Waals surface area contributed by atoms with E-state index in [9.17, 15) is 4.79 Å². The maximum atomic E-state index is 12.1. The van der Waals surface area contributed by atoms with Gasteiger partial charge < -0.3 is 15.4 Å². The zero-order valence-electron chi connectivity index (χ0n) is 11.9. The molecule has 0 aromatic heterocycles. The highest BCUT2D eigenvalue weighted by atomic mass is 16.5. The van der Waals surface area contributed by atoms with Crippen LogP contribution < -0.4 is 10.6 Å². The third-order valence-electron chi connectivity index (χ3n) is 3.94. The van der Waals surface area contributed by atoms with Gasteiger partial charge in [0.2, 0.25) is 5.91 Å². The summed E-state index contributed by atoms with van der Waals surface area (Å²) in [5, 5.41) is 6.48. The summed E-state index contributed by atoms with van der Waals surface area (Å²) in [6.07, 6.45) is 3.58. The minimum Gasteiger partial charge on any atom is -0.378 e. The second kappa shape index (κ2) is 5.94. The minimum absolute atomic E-state index is 0.0155. The zero-order valence-corrected chi connectivity index (χ0v) is 11.9. The fraction of sp³-hybridized carbons (Fsp3) is 0.562. The molecule has 3 rings (SSSR count). The Morgan fingerprint density at radius 1 is 1.40 bits per heavy atom. The van der Waals surface area contributed by atoms with Crippen LogP contribution in [0.4, 0.5) is 5.69 Å². The van der Waals surface area contributed by atoms with Crippen molar-refractivity contribution in [3.05, 3.63) is 29.8 Å². The third-order valence-corrected chi connectivity index (χ3v) is 3.94. The molecule has 0 radical (unpaired) electrons. The molecule has 2 aliphatic rings. The molecule has 2 atom stereocenters. The number of amides is 1. The lowest BCUT2D eigenvalue weighted by atomic mass is 10.1. The van der Waals surface area contributed by atoms with Crippen LogP contribution in [0.15, 0.2) is 24.3 Å². The lowest BCUT2D eigenvalue weighted by molar-refractivity contribution is -0.119. The van der Waals surface area contributed by atoms with Crippen LogP contribution in [0, 0.1) is 5.92 Å². The number of nitrogens with one attached hydrogen (secondary N) is 2. The molecule has 1 saturated heterocycles. The molecular weight excluding hydrogens is 252 g/mol. The fourth-order valence-electron chi connectivity index (χ4n) is 2.55. The summed E-state index contributed by atoms with van der Waals surface area (Å²) in [6, 6.07) is 8.77. The van der Waals surface area contributed by atoms with Gasteiger partial charge in [0.25, 0.3) is 0 Å². The average molecular weight is 274 g/mol. The number of rotatable bonds is 5. The first-order valence-corrected chi connectivity index (χ1v) is 7.45.